The van der Waals surface area contributed by atoms with Gasteiger partial charge in [-0.3, -0.25) is 4.79 Å². The third kappa shape index (κ3) is 4.25. The molecule has 0 aromatic carbocycles. The first-order valence-corrected chi connectivity index (χ1v) is 7.46. The van der Waals surface area contributed by atoms with Crippen molar-refractivity contribution in [1.29, 1.82) is 0 Å². The van der Waals surface area contributed by atoms with Crippen molar-refractivity contribution < 1.29 is 4.79 Å². The van der Waals surface area contributed by atoms with Gasteiger partial charge in [0, 0.05) is 45.2 Å². The minimum atomic E-state index is 0.115. The van der Waals surface area contributed by atoms with E-state index in [0.717, 1.165) is 45.2 Å². The van der Waals surface area contributed by atoms with Crippen molar-refractivity contribution in [3.05, 3.63) is 0 Å². The normalized spacial score (nSPS) is 23.4. The number of hydrogen-bond acceptors (Lipinski definition) is 3. The molecule has 1 atom stereocenters. The SMILES string of the molecule is CC(CN1CCNCC1)C(=O)NCCC1CCC1. The summed E-state index contributed by atoms with van der Waals surface area (Å²) in [6, 6.07) is 0. The highest BCUT2D eigenvalue weighted by Gasteiger charge is 2.20. The van der Waals surface area contributed by atoms with E-state index in [-0.39, 0.29) is 11.8 Å². The van der Waals surface area contributed by atoms with Crippen molar-refractivity contribution in [3.8, 4) is 0 Å². The Morgan fingerprint density at radius 2 is 2.11 bits per heavy atom. The van der Waals surface area contributed by atoms with Crippen molar-refractivity contribution in [3.63, 3.8) is 0 Å². The third-order valence-electron chi connectivity index (χ3n) is 4.27. The van der Waals surface area contributed by atoms with Crippen LogP contribution in [0.4, 0.5) is 0 Å². The highest BCUT2D eigenvalue weighted by molar-refractivity contribution is 5.78. The Labute approximate surface area is 110 Å². The first kappa shape index (κ1) is 13.8. The van der Waals surface area contributed by atoms with Gasteiger partial charge in [-0.1, -0.05) is 26.2 Å². The fourth-order valence-corrected chi connectivity index (χ4v) is 2.72. The molecule has 0 spiro atoms. The monoisotopic (exact) mass is 253 g/mol. The molecule has 2 fully saturated rings. The molecular weight excluding hydrogens is 226 g/mol. The Hall–Kier alpha value is -0.610. The van der Waals surface area contributed by atoms with Crippen LogP contribution in [-0.2, 0) is 4.79 Å². The van der Waals surface area contributed by atoms with Crippen LogP contribution in [0.25, 0.3) is 0 Å². The summed E-state index contributed by atoms with van der Waals surface area (Å²) in [5.41, 5.74) is 0. The molecule has 4 nitrogen and oxygen atoms in total. The first-order valence-electron chi connectivity index (χ1n) is 7.46. The number of nitrogens with zero attached hydrogens (tertiary/aromatic N) is 1. The van der Waals surface area contributed by atoms with Gasteiger partial charge in [-0.05, 0) is 12.3 Å². The summed E-state index contributed by atoms with van der Waals surface area (Å²) in [6.45, 7) is 8.05. The van der Waals surface area contributed by atoms with Gasteiger partial charge in [-0.25, -0.2) is 0 Å². The average Bonchev–Trinajstić information content (AvgIpc) is 2.33. The topological polar surface area (TPSA) is 44.4 Å². The number of nitrogens with one attached hydrogen (secondary N) is 2. The molecule has 0 bridgehead atoms. The highest BCUT2D eigenvalue weighted by atomic mass is 16.1. The van der Waals surface area contributed by atoms with Gasteiger partial charge in [0.2, 0.25) is 5.91 Å². The smallest absolute Gasteiger partial charge is 0.224 e. The largest absolute Gasteiger partial charge is 0.356 e. The van der Waals surface area contributed by atoms with E-state index < -0.39 is 0 Å². The van der Waals surface area contributed by atoms with Gasteiger partial charge in [-0.15, -0.1) is 0 Å². The number of piperazine rings is 1. The quantitative estimate of drug-likeness (QED) is 0.737. The molecule has 2 aliphatic rings. The number of carbonyl (C=O) groups is 1. The molecule has 1 amide bonds. The molecule has 18 heavy (non-hydrogen) atoms. The van der Waals surface area contributed by atoms with Gasteiger partial charge >= 0.3 is 0 Å². The first-order chi connectivity index (χ1) is 8.75. The summed E-state index contributed by atoms with van der Waals surface area (Å²) >= 11 is 0. The minimum Gasteiger partial charge on any atom is -0.356 e. The molecule has 2 rings (SSSR count). The van der Waals surface area contributed by atoms with E-state index in [1.54, 1.807) is 0 Å². The van der Waals surface area contributed by atoms with E-state index in [1.807, 2.05) is 6.92 Å². The molecule has 1 unspecified atom stereocenters. The van der Waals surface area contributed by atoms with Crippen molar-refractivity contribution in [2.45, 2.75) is 32.6 Å². The van der Waals surface area contributed by atoms with Crippen LogP contribution in [0.15, 0.2) is 0 Å². The van der Waals surface area contributed by atoms with E-state index in [4.69, 9.17) is 0 Å². The summed E-state index contributed by atoms with van der Waals surface area (Å²) in [5.74, 6) is 1.23. The fourth-order valence-electron chi connectivity index (χ4n) is 2.72. The van der Waals surface area contributed by atoms with Gasteiger partial charge in [0.15, 0.2) is 0 Å². The van der Waals surface area contributed by atoms with Crippen LogP contribution in [0.5, 0.6) is 0 Å². The lowest BCUT2D eigenvalue weighted by molar-refractivity contribution is -0.125. The molecule has 1 aliphatic heterocycles. The lowest BCUT2D eigenvalue weighted by Gasteiger charge is -2.29. The molecule has 1 saturated heterocycles. The Morgan fingerprint density at radius 3 is 2.72 bits per heavy atom. The molecule has 1 heterocycles. The maximum atomic E-state index is 12.0. The van der Waals surface area contributed by atoms with E-state index >= 15 is 0 Å². The molecule has 0 aromatic heterocycles. The van der Waals surface area contributed by atoms with Gasteiger partial charge in [0.05, 0.1) is 0 Å². The van der Waals surface area contributed by atoms with E-state index in [1.165, 1.54) is 25.7 Å². The molecule has 4 heteroatoms. The lowest BCUT2D eigenvalue weighted by atomic mass is 9.83. The van der Waals surface area contributed by atoms with E-state index in [0.29, 0.717) is 0 Å². The highest BCUT2D eigenvalue weighted by Crippen LogP contribution is 2.28. The molecule has 0 aromatic rings. The molecule has 2 N–H and O–H groups in total. The predicted octanol–water partition coefficient (Wildman–Crippen LogP) is 0.834. The van der Waals surface area contributed by atoms with Crippen LogP contribution < -0.4 is 10.6 Å². The van der Waals surface area contributed by atoms with Gasteiger partial charge < -0.3 is 15.5 Å². The molecule has 0 radical (unpaired) electrons. The van der Waals surface area contributed by atoms with Crippen LogP contribution in [0, 0.1) is 11.8 Å². The number of amides is 1. The zero-order chi connectivity index (χ0) is 12.8. The van der Waals surface area contributed by atoms with Gasteiger partial charge in [0.25, 0.3) is 0 Å². The lowest BCUT2D eigenvalue weighted by Crippen LogP contribution is -2.47. The maximum Gasteiger partial charge on any atom is 0.224 e. The standard InChI is InChI=1S/C14H27N3O/c1-12(11-17-9-7-15-8-10-17)14(18)16-6-5-13-3-2-4-13/h12-13,15H,2-11H2,1H3,(H,16,18). The summed E-state index contributed by atoms with van der Waals surface area (Å²) in [6.07, 6.45) is 5.29. The second-order valence-corrected chi connectivity index (χ2v) is 5.83. The third-order valence-corrected chi connectivity index (χ3v) is 4.27. The molecule has 1 aliphatic carbocycles. The van der Waals surface area contributed by atoms with Crippen LogP contribution >= 0.6 is 0 Å². The number of hydrogen-bond donors (Lipinski definition) is 2. The Morgan fingerprint density at radius 1 is 1.39 bits per heavy atom. The van der Waals surface area contributed by atoms with Crippen LogP contribution in [0.1, 0.15) is 32.6 Å². The minimum absolute atomic E-state index is 0.115. The average molecular weight is 253 g/mol. The zero-order valence-corrected chi connectivity index (χ0v) is 11.6. The van der Waals surface area contributed by atoms with Crippen molar-refractivity contribution in [2.24, 2.45) is 11.8 Å². The van der Waals surface area contributed by atoms with E-state index in [9.17, 15) is 4.79 Å². The summed E-state index contributed by atoms with van der Waals surface area (Å²) in [4.78, 5) is 14.3. The number of rotatable bonds is 6. The fraction of sp³-hybridized carbons (Fsp3) is 0.929. The van der Waals surface area contributed by atoms with Crippen molar-refractivity contribution >= 4 is 5.91 Å². The molecule has 104 valence electrons. The maximum absolute atomic E-state index is 12.0. The summed E-state index contributed by atoms with van der Waals surface area (Å²) in [5, 5.41) is 6.42. The van der Waals surface area contributed by atoms with Crippen LogP contribution in [-0.4, -0.2) is 50.1 Å². The van der Waals surface area contributed by atoms with Gasteiger partial charge in [0.1, 0.15) is 0 Å². The zero-order valence-electron chi connectivity index (χ0n) is 11.6. The summed E-state index contributed by atoms with van der Waals surface area (Å²) < 4.78 is 0. The summed E-state index contributed by atoms with van der Waals surface area (Å²) in [7, 11) is 0. The Balaban J connectivity index is 1.57. The molecular formula is C14H27N3O. The second kappa shape index (κ2) is 7.10. The predicted molar refractivity (Wildman–Crippen MR) is 73.4 cm³/mol. The number of carbonyl (C=O) groups excluding carboxylic acids is 1. The Kier molecular flexibility index (Phi) is 5.45. The second-order valence-electron chi connectivity index (χ2n) is 5.83. The van der Waals surface area contributed by atoms with Crippen LogP contribution in [0.3, 0.4) is 0 Å². The van der Waals surface area contributed by atoms with Crippen LogP contribution in [0.2, 0.25) is 0 Å². The molecule has 1 saturated carbocycles. The van der Waals surface area contributed by atoms with Crippen molar-refractivity contribution in [1.82, 2.24) is 15.5 Å². The van der Waals surface area contributed by atoms with E-state index in [2.05, 4.69) is 15.5 Å². The van der Waals surface area contributed by atoms with Gasteiger partial charge in [-0.2, -0.15) is 0 Å². The Bertz CT molecular complexity index is 260. The van der Waals surface area contributed by atoms with Crippen molar-refractivity contribution in [2.75, 3.05) is 39.3 Å².